The summed E-state index contributed by atoms with van der Waals surface area (Å²) in [5.41, 5.74) is 0.240. The van der Waals surface area contributed by atoms with Gasteiger partial charge in [0.2, 0.25) is 0 Å². The molecule has 16 heavy (non-hydrogen) atoms. The van der Waals surface area contributed by atoms with E-state index in [0.29, 0.717) is 5.56 Å². The first-order valence-electron chi connectivity index (χ1n) is 4.67. The fourth-order valence-corrected chi connectivity index (χ4v) is 1.37. The Kier molecular flexibility index (Phi) is 3.95. The van der Waals surface area contributed by atoms with Gasteiger partial charge in [0.1, 0.15) is 0 Å². The number of halogens is 2. The van der Waals surface area contributed by atoms with Crippen LogP contribution in [0.4, 0.5) is 8.78 Å². The van der Waals surface area contributed by atoms with Gasteiger partial charge in [0, 0.05) is 12.7 Å². The number of carbonyl (C=O) groups is 1. The molecule has 0 spiro atoms. The molecule has 0 saturated carbocycles. The molecule has 0 saturated heterocycles. The van der Waals surface area contributed by atoms with Crippen molar-refractivity contribution in [1.29, 1.82) is 0 Å². The molecule has 0 radical (unpaired) electrons. The standard InChI is InChI=1S/C11H12F2O3/c1-6(11(14)15)8-3-7(5-16-2)4-9(12)10(8)13/h3-4,6H,5H2,1-2H3,(H,14,15). The van der Waals surface area contributed by atoms with Gasteiger partial charge in [0.05, 0.1) is 12.5 Å². The molecule has 0 aliphatic rings. The van der Waals surface area contributed by atoms with Crippen LogP contribution in [0.3, 0.4) is 0 Å². The molecule has 0 fully saturated rings. The van der Waals surface area contributed by atoms with Crippen molar-refractivity contribution in [3.05, 3.63) is 34.9 Å². The molecule has 1 rings (SSSR count). The quantitative estimate of drug-likeness (QED) is 0.863. The van der Waals surface area contributed by atoms with Gasteiger partial charge in [-0.05, 0) is 24.6 Å². The van der Waals surface area contributed by atoms with Crippen molar-refractivity contribution >= 4 is 5.97 Å². The lowest BCUT2D eigenvalue weighted by molar-refractivity contribution is -0.138. The van der Waals surface area contributed by atoms with Crippen molar-refractivity contribution < 1.29 is 23.4 Å². The van der Waals surface area contributed by atoms with E-state index in [1.54, 1.807) is 0 Å². The lowest BCUT2D eigenvalue weighted by atomic mass is 9.98. The predicted molar refractivity (Wildman–Crippen MR) is 53.1 cm³/mol. The summed E-state index contributed by atoms with van der Waals surface area (Å²) in [6, 6.07) is 2.30. The Labute approximate surface area is 91.7 Å². The lowest BCUT2D eigenvalue weighted by Crippen LogP contribution is -2.11. The fourth-order valence-electron chi connectivity index (χ4n) is 1.37. The van der Waals surface area contributed by atoms with Gasteiger partial charge in [-0.1, -0.05) is 0 Å². The number of methoxy groups -OCH3 is 1. The molecule has 0 amide bonds. The number of benzene rings is 1. The van der Waals surface area contributed by atoms with Gasteiger partial charge in [-0.25, -0.2) is 8.78 Å². The topological polar surface area (TPSA) is 46.5 Å². The van der Waals surface area contributed by atoms with Crippen molar-refractivity contribution in [2.24, 2.45) is 0 Å². The second-order valence-electron chi connectivity index (χ2n) is 3.47. The maximum Gasteiger partial charge on any atom is 0.310 e. The molecular weight excluding hydrogens is 218 g/mol. The number of ether oxygens (including phenoxy) is 1. The molecule has 88 valence electrons. The smallest absolute Gasteiger partial charge is 0.310 e. The first kappa shape index (κ1) is 12.6. The van der Waals surface area contributed by atoms with E-state index in [0.717, 1.165) is 6.07 Å². The highest BCUT2D eigenvalue weighted by Gasteiger charge is 2.21. The summed E-state index contributed by atoms with van der Waals surface area (Å²) >= 11 is 0. The Morgan fingerprint density at radius 1 is 1.50 bits per heavy atom. The van der Waals surface area contributed by atoms with Crippen LogP contribution >= 0.6 is 0 Å². The number of carboxylic acid groups (broad SMARTS) is 1. The highest BCUT2D eigenvalue weighted by atomic mass is 19.2. The summed E-state index contributed by atoms with van der Waals surface area (Å²) in [6.45, 7) is 1.41. The minimum atomic E-state index is -1.20. The third kappa shape index (κ3) is 2.55. The third-order valence-corrected chi connectivity index (χ3v) is 2.26. The SMILES string of the molecule is COCc1cc(F)c(F)c(C(C)C(=O)O)c1. The molecular formula is C11H12F2O3. The molecule has 1 atom stereocenters. The Balaban J connectivity index is 3.20. The van der Waals surface area contributed by atoms with Crippen LogP contribution in [0.15, 0.2) is 12.1 Å². The van der Waals surface area contributed by atoms with Crippen molar-refractivity contribution in [3.63, 3.8) is 0 Å². The number of rotatable bonds is 4. The lowest BCUT2D eigenvalue weighted by Gasteiger charge is -2.11. The molecule has 0 heterocycles. The summed E-state index contributed by atoms with van der Waals surface area (Å²) in [5, 5.41) is 8.75. The van der Waals surface area contributed by atoms with Crippen molar-refractivity contribution in [2.75, 3.05) is 7.11 Å². The van der Waals surface area contributed by atoms with Crippen LogP contribution in [0.1, 0.15) is 24.0 Å². The van der Waals surface area contributed by atoms with Gasteiger partial charge in [-0.3, -0.25) is 4.79 Å². The minimum absolute atomic E-state index is 0.108. The Morgan fingerprint density at radius 3 is 2.62 bits per heavy atom. The zero-order chi connectivity index (χ0) is 12.3. The second kappa shape index (κ2) is 5.03. The van der Waals surface area contributed by atoms with E-state index in [2.05, 4.69) is 0 Å². The van der Waals surface area contributed by atoms with Crippen molar-refractivity contribution in [3.8, 4) is 0 Å². The number of hydrogen-bond acceptors (Lipinski definition) is 2. The van der Waals surface area contributed by atoms with Gasteiger partial charge in [0.15, 0.2) is 11.6 Å². The van der Waals surface area contributed by atoms with E-state index < -0.39 is 23.5 Å². The number of hydrogen-bond donors (Lipinski definition) is 1. The molecule has 5 heteroatoms. The summed E-state index contributed by atoms with van der Waals surface area (Å²) in [4.78, 5) is 10.7. The first-order valence-corrected chi connectivity index (χ1v) is 4.67. The molecule has 1 aromatic carbocycles. The average Bonchev–Trinajstić information content (AvgIpc) is 2.22. The van der Waals surface area contributed by atoms with Gasteiger partial charge in [0.25, 0.3) is 0 Å². The Bertz CT molecular complexity index is 404. The van der Waals surface area contributed by atoms with Crippen molar-refractivity contribution in [2.45, 2.75) is 19.4 Å². The van der Waals surface area contributed by atoms with E-state index in [1.165, 1.54) is 20.1 Å². The highest BCUT2D eigenvalue weighted by molar-refractivity contribution is 5.75. The fraction of sp³-hybridized carbons (Fsp3) is 0.364. The second-order valence-corrected chi connectivity index (χ2v) is 3.47. The maximum absolute atomic E-state index is 13.4. The summed E-state index contributed by atoms with van der Waals surface area (Å²) in [7, 11) is 1.42. The number of carboxylic acids is 1. The van der Waals surface area contributed by atoms with Crippen LogP contribution < -0.4 is 0 Å². The Hall–Kier alpha value is -1.49. The van der Waals surface area contributed by atoms with Gasteiger partial charge in [-0.15, -0.1) is 0 Å². The van der Waals surface area contributed by atoms with E-state index >= 15 is 0 Å². The summed E-state index contributed by atoms with van der Waals surface area (Å²) in [6.07, 6.45) is 0. The monoisotopic (exact) mass is 230 g/mol. The van der Waals surface area contributed by atoms with Gasteiger partial charge < -0.3 is 9.84 Å². The van der Waals surface area contributed by atoms with Crippen LogP contribution in [0.25, 0.3) is 0 Å². The molecule has 1 unspecified atom stereocenters. The third-order valence-electron chi connectivity index (χ3n) is 2.26. The van der Waals surface area contributed by atoms with E-state index in [4.69, 9.17) is 9.84 Å². The zero-order valence-electron chi connectivity index (χ0n) is 8.96. The largest absolute Gasteiger partial charge is 0.481 e. The first-order chi connectivity index (χ1) is 7.47. The summed E-state index contributed by atoms with van der Waals surface area (Å²) in [5.74, 6) is -4.47. The molecule has 0 aliphatic carbocycles. The van der Waals surface area contributed by atoms with E-state index in [1.807, 2.05) is 0 Å². The normalized spacial score (nSPS) is 12.5. The van der Waals surface area contributed by atoms with E-state index in [-0.39, 0.29) is 12.2 Å². The molecule has 1 N–H and O–H groups in total. The van der Waals surface area contributed by atoms with Gasteiger partial charge >= 0.3 is 5.97 Å². The van der Waals surface area contributed by atoms with Crippen LogP contribution in [0, 0.1) is 11.6 Å². The number of aliphatic carboxylic acids is 1. The van der Waals surface area contributed by atoms with E-state index in [9.17, 15) is 13.6 Å². The minimum Gasteiger partial charge on any atom is -0.481 e. The van der Waals surface area contributed by atoms with Crippen molar-refractivity contribution in [1.82, 2.24) is 0 Å². The Morgan fingerprint density at radius 2 is 2.12 bits per heavy atom. The predicted octanol–water partition coefficient (Wildman–Crippen LogP) is 2.30. The van der Waals surface area contributed by atoms with Crippen LogP contribution in [0.2, 0.25) is 0 Å². The van der Waals surface area contributed by atoms with Gasteiger partial charge in [-0.2, -0.15) is 0 Å². The maximum atomic E-state index is 13.4. The molecule has 0 aliphatic heterocycles. The van der Waals surface area contributed by atoms with Crippen LogP contribution in [-0.4, -0.2) is 18.2 Å². The molecule has 0 aromatic heterocycles. The molecule has 0 bridgehead atoms. The molecule has 3 nitrogen and oxygen atoms in total. The average molecular weight is 230 g/mol. The highest BCUT2D eigenvalue weighted by Crippen LogP contribution is 2.23. The summed E-state index contributed by atoms with van der Waals surface area (Å²) < 4.78 is 31.3. The zero-order valence-corrected chi connectivity index (χ0v) is 8.96. The van der Waals surface area contributed by atoms with Crippen LogP contribution in [-0.2, 0) is 16.1 Å². The molecule has 1 aromatic rings. The van der Waals surface area contributed by atoms with Crippen LogP contribution in [0.5, 0.6) is 0 Å².